The summed E-state index contributed by atoms with van der Waals surface area (Å²) >= 11 is 0. The first kappa shape index (κ1) is 18.2. The van der Waals surface area contributed by atoms with Crippen molar-refractivity contribution in [3.63, 3.8) is 0 Å². The van der Waals surface area contributed by atoms with Gasteiger partial charge >= 0.3 is 0 Å². The largest absolute Gasteiger partial charge is 0.233 e. The molecule has 1 aromatic carbocycles. The van der Waals surface area contributed by atoms with Crippen molar-refractivity contribution >= 4 is 0 Å². The normalized spacial score (nSPS) is 11.7. The van der Waals surface area contributed by atoms with Crippen LogP contribution >= 0.6 is 0 Å². The first-order valence-corrected chi connectivity index (χ1v) is 9.09. The van der Waals surface area contributed by atoms with Gasteiger partial charge in [-0.15, -0.1) is 0 Å². The SMILES string of the molecule is Cc1cc(C)nc(-c2ccc(-c3cc[n+](C)c(C(C)(C)C)c3C)cc2)n1. The van der Waals surface area contributed by atoms with E-state index in [-0.39, 0.29) is 5.41 Å². The summed E-state index contributed by atoms with van der Waals surface area (Å²) in [5.74, 6) is 0.792. The maximum atomic E-state index is 4.57. The number of benzene rings is 1. The van der Waals surface area contributed by atoms with E-state index in [4.69, 9.17) is 0 Å². The fraction of sp³-hybridized carbons (Fsp3) is 0.348. The third kappa shape index (κ3) is 3.52. The molecule has 0 saturated heterocycles. The molecule has 26 heavy (non-hydrogen) atoms. The van der Waals surface area contributed by atoms with Crippen LogP contribution in [0.4, 0.5) is 0 Å². The molecule has 0 radical (unpaired) electrons. The highest BCUT2D eigenvalue weighted by Crippen LogP contribution is 2.31. The molecule has 3 rings (SSSR count). The van der Waals surface area contributed by atoms with Gasteiger partial charge in [-0.05, 0) is 38.0 Å². The van der Waals surface area contributed by atoms with Gasteiger partial charge in [-0.2, -0.15) is 0 Å². The topological polar surface area (TPSA) is 29.7 Å². The molecule has 0 spiro atoms. The van der Waals surface area contributed by atoms with E-state index >= 15 is 0 Å². The number of aryl methyl sites for hydroxylation is 3. The van der Waals surface area contributed by atoms with E-state index in [9.17, 15) is 0 Å². The summed E-state index contributed by atoms with van der Waals surface area (Å²) in [4.78, 5) is 9.14. The van der Waals surface area contributed by atoms with Gasteiger partial charge in [0.2, 0.25) is 0 Å². The van der Waals surface area contributed by atoms with E-state index in [1.165, 1.54) is 22.4 Å². The minimum Gasteiger partial charge on any atom is -0.233 e. The molecule has 0 N–H and O–H groups in total. The quantitative estimate of drug-likeness (QED) is 0.620. The number of hydrogen-bond donors (Lipinski definition) is 0. The second-order valence-electron chi connectivity index (χ2n) is 8.12. The van der Waals surface area contributed by atoms with E-state index in [1.54, 1.807) is 0 Å². The third-order valence-electron chi connectivity index (χ3n) is 4.72. The second kappa shape index (κ2) is 6.64. The molecule has 3 aromatic rings. The van der Waals surface area contributed by atoms with E-state index in [1.807, 2.05) is 19.9 Å². The van der Waals surface area contributed by atoms with Gasteiger partial charge in [0, 0.05) is 34.0 Å². The average molecular weight is 346 g/mol. The summed E-state index contributed by atoms with van der Waals surface area (Å²) < 4.78 is 2.23. The van der Waals surface area contributed by atoms with Crippen LogP contribution in [0.1, 0.15) is 43.4 Å². The van der Waals surface area contributed by atoms with Gasteiger partial charge in [0.1, 0.15) is 7.05 Å². The molecule has 0 aliphatic heterocycles. The average Bonchev–Trinajstić information content (AvgIpc) is 2.53. The van der Waals surface area contributed by atoms with E-state index in [0.29, 0.717) is 0 Å². The first-order chi connectivity index (χ1) is 12.2. The predicted molar refractivity (Wildman–Crippen MR) is 107 cm³/mol. The minimum absolute atomic E-state index is 0.0989. The Bertz CT molecular complexity index is 928. The van der Waals surface area contributed by atoms with Gasteiger partial charge in [0.25, 0.3) is 0 Å². The first-order valence-electron chi connectivity index (χ1n) is 9.09. The lowest BCUT2D eigenvalue weighted by molar-refractivity contribution is -0.682. The molecule has 3 heteroatoms. The molecule has 0 aliphatic carbocycles. The van der Waals surface area contributed by atoms with Crippen LogP contribution in [-0.4, -0.2) is 9.97 Å². The highest BCUT2D eigenvalue weighted by molar-refractivity contribution is 5.70. The van der Waals surface area contributed by atoms with Crippen LogP contribution in [0.15, 0.2) is 42.6 Å². The van der Waals surface area contributed by atoms with Gasteiger partial charge in [0.05, 0.1) is 0 Å². The van der Waals surface area contributed by atoms with Crippen LogP contribution in [-0.2, 0) is 12.5 Å². The summed E-state index contributed by atoms with van der Waals surface area (Å²) in [6.45, 7) is 13.0. The smallest absolute Gasteiger partial charge is 0.189 e. The summed E-state index contributed by atoms with van der Waals surface area (Å²) in [7, 11) is 2.12. The van der Waals surface area contributed by atoms with Crippen molar-refractivity contribution in [2.24, 2.45) is 7.05 Å². The zero-order valence-corrected chi connectivity index (χ0v) is 16.9. The van der Waals surface area contributed by atoms with E-state index in [2.05, 4.69) is 85.8 Å². The van der Waals surface area contributed by atoms with Crippen LogP contribution in [0.2, 0.25) is 0 Å². The number of nitrogens with zero attached hydrogens (tertiary/aromatic N) is 3. The molecule has 0 unspecified atom stereocenters. The maximum Gasteiger partial charge on any atom is 0.189 e. The standard InChI is InChI=1S/C23H28N3/c1-15-14-16(2)25-22(24-15)19-10-8-18(9-11-19)20-12-13-26(7)21(17(20)3)23(4,5)6/h8-14H,1-7H3/q+1. The molecule has 0 saturated carbocycles. The third-order valence-corrected chi connectivity index (χ3v) is 4.72. The number of aromatic nitrogens is 3. The molecule has 2 aromatic heterocycles. The van der Waals surface area contributed by atoms with E-state index < -0.39 is 0 Å². The Morgan fingerprint density at radius 1 is 0.808 bits per heavy atom. The Morgan fingerprint density at radius 2 is 1.35 bits per heavy atom. The molecular weight excluding hydrogens is 318 g/mol. The molecule has 0 atom stereocenters. The van der Waals surface area contributed by atoms with Gasteiger partial charge in [-0.25, -0.2) is 14.5 Å². The Balaban J connectivity index is 2.04. The van der Waals surface area contributed by atoms with Crippen LogP contribution in [0.5, 0.6) is 0 Å². The van der Waals surface area contributed by atoms with Crippen LogP contribution in [0.3, 0.4) is 0 Å². The number of pyridine rings is 1. The molecule has 0 bridgehead atoms. The highest BCUT2D eigenvalue weighted by Gasteiger charge is 2.27. The minimum atomic E-state index is 0.0989. The van der Waals surface area contributed by atoms with Crippen LogP contribution in [0.25, 0.3) is 22.5 Å². The second-order valence-corrected chi connectivity index (χ2v) is 8.12. The molecule has 0 amide bonds. The van der Waals surface area contributed by atoms with Crippen molar-refractivity contribution in [3.05, 3.63) is 65.2 Å². The molecule has 134 valence electrons. The molecule has 0 fully saturated rings. The van der Waals surface area contributed by atoms with Gasteiger partial charge in [-0.1, -0.05) is 45.0 Å². The maximum absolute atomic E-state index is 4.57. The lowest BCUT2D eigenvalue weighted by atomic mass is 9.85. The van der Waals surface area contributed by atoms with Crippen LogP contribution < -0.4 is 4.57 Å². The summed E-state index contributed by atoms with van der Waals surface area (Å²) in [5.41, 5.74) is 8.34. The van der Waals surface area contributed by atoms with Crippen molar-refractivity contribution in [2.45, 2.75) is 47.0 Å². The molecular formula is C23H28N3+. The molecule has 2 heterocycles. The monoisotopic (exact) mass is 346 g/mol. The zero-order chi connectivity index (χ0) is 19.1. The van der Waals surface area contributed by atoms with E-state index in [0.717, 1.165) is 22.8 Å². The Kier molecular flexibility index (Phi) is 4.66. The molecule has 3 nitrogen and oxygen atoms in total. The number of rotatable bonds is 2. The lowest BCUT2D eigenvalue weighted by Crippen LogP contribution is -2.40. The number of hydrogen-bond acceptors (Lipinski definition) is 2. The van der Waals surface area contributed by atoms with Gasteiger partial charge in [0.15, 0.2) is 17.7 Å². The van der Waals surface area contributed by atoms with Crippen molar-refractivity contribution < 1.29 is 4.57 Å². The van der Waals surface area contributed by atoms with Gasteiger partial charge in [-0.3, -0.25) is 0 Å². The predicted octanol–water partition coefficient (Wildman–Crippen LogP) is 4.86. The summed E-state index contributed by atoms with van der Waals surface area (Å²) in [6.07, 6.45) is 2.16. The Hall–Kier alpha value is -2.55. The highest BCUT2D eigenvalue weighted by atomic mass is 14.9. The fourth-order valence-electron chi connectivity index (χ4n) is 3.84. The summed E-state index contributed by atoms with van der Waals surface area (Å²) in [5, 5.41) is 0. The Labute approximate surface area is 156 Å². The van der Waals surface area contributed by atoms with Gasteiger partial charge < -0.3 is 0 Å². The fourth-order valence-corrected chi connectivity index (χ4v) is 3.84. The Morgan fingerprint density at radius 3 is 1.88 bits per heavy atom. The zero-order valence-electron chi connectivity index (χ0n) is 16.9. The van der Waals surface area contributed by atoms with Crippen molar-refractivity contribution in [1.82, 2.24) is 9.97 Å². The van der Waals surface area contributed by atoms with Crippen LogP contribution in [0, 0.1) is 20.8 Å². The van der Waals surface area contributed by atoms with Crippen molar-refractivity contribution in [1.29, 1.82) is 0 Å². The van der Waals surface area contributed by atoms with Crippen molar-refractivity contribution in [3.8, 4) is 22.5 Å². The summed E-state index contributed by atoms with van der Waals surface area (Å²) in [6, 6.07) is 12.8. The lowest BCUT2D eigenvalue weighted by Gasteiger charge is -2.20. The molecule has 0 aliphatic rings. The van der Waals surface area contributed by atoms with Crippen molar-refractivity contribution in [2.75, 3.05) is 0 Å².